The summed E-state index contributed by atoms with van der Waals surface area (Å²) < 4.78 is 43.3. The summed E-state index contributed by atoms with van der Waals surface area (Å²) in [6.07, 6.45) is 0.756. The summed E-state index contributed by atoms with van der Waals surface area (Å²) in [4.78, 5) is 16.9. The van der Waals surface area contributed by atoms with Crippen LogP contribution in [0.3, 0.4) is 0 Å². The lowest BCUT2D eigenvalue weighted by atomic mass is 10.1. The SMILES string of the molecule is CN(CC(F)(F)F)c1nccc(-c2cc3cnc(NC4CCOCC4)cc3[nH]2)n1. The molecule has 154 valence electrons. The molecule has 0 unspecified atom stereocenters. The van der Waals surface area contributed by atoms with E-state index in [9.17, 15) is 13.2 Å². The molecular weight excluding hydrogens is 385 g/mol. The molecule has 0 aromatic carbocycles. The smallest absolute Gasteiger partial charge is 0.381 e. The minimum atomic E-state index is -4.32. The predicted molar refractivity (Wildman–Crippen MR) is 104 cm³/mol. The standard InChI is InChI=1S/C19H21F3N6O/c1-28(11-19(20,21)22)18-23-5-2-14(27-18)16-8-12-10-24-17(9-15(12)26-16)25-13-3-6-29-7-4-13/h2,5,8-10,13,26H,3-4,6-7,11H2,1H3,(H,24,25). The third-order valence-corrected chi connectivity index (χ3v) is 4.75. The summed E-state index contributed by atoms with van der Waals surface area (Å²) in [6.45, 7) is 0.366. The van der Waals surface area contributed by atoms with Gasteiger partial charge in [-0.05, 0) is 25.0 Å². The van der Waals surface area contributed by atoms with Gasteiger partial charge in [0.05, 0.1) is 16.9 Å². The molecule has 10 heteroatoms. The Balaban J connectivity index is 1.55. The number of nitrogens with one attached hydrogen (secondary N) is 2. The second kappa shape index (κ2) is 7.86. The van der Waals surface area contributed by atoms with Crippen LogP contribution in [-0.2, 0) is 4.74 Å². The van der Waals surface area contributed by atoms with Gasteiger partial charge in [-0.1, -0.05) is 0 Å². The first kappa shape index (κ1) is 19.4. The zero-order valence-electron chi connectivity index (χ0n) is 15.8. The fourth-order valence-corrected chi connectivity index (χ4v) is 3.32. The molecule has 3 aromatic rings. The number of aromatic nitrogens is 4. The van der Waals surface area contributed by atoms with E-state index in [1.54, 1.807) is 12.3 Å². The van der Waals surface area contributed by atoms with Gasteiger partial charge in [-0.2, -0.15) is 13.2 Å². The van der Waals surface area contributed by atoms with Gasteiger partial charge >= 0.3 is 6.18 Å². The van der Waals surface area contributed by atoms with Gasteiger partial charge in [0, 0.05) is 50.1 Å². The molecule has 0 saturated carbocycles. The van der Waals surface area contributed by atoms with Crippen LogP contribution in [0, 0.1) is 0 Å². The first-order valence-electron chi connectivity index (χ1n) is 9.32. The lowest BCUT2D eigenvalue weighted by Gasteiger charge is -2.23. The molecule has 4 rings (SSSR count). The van der Waals surface area contributed by atoms with Crippen molar-refractivity contribution in [3.8, 4) is 11.4 Å². The highest BCUT2D eigenvalue weighted by molar-refractivity contribution is 5.86. The van der Waals surface area contributed by atoms with Gasteiger partial charge < -0.3 is 19.9 Å². The minimum absolute atomic E-state index is 0.0125. The minimum Gasteiger partial charge on any atom is -0.381 e. The first-order chi connectivity index (χ1) is 13.9. The number of aromatic amines is 1. The number of fused-ring (bicyclic) bond motifs is 1. The average Bonchev–Trinajstić information content (AvgIpc) is 3.11. The largest absolute Gasteiger partial charge is 0.406 e. The summed E-state index contributed by atoms with van der Waals surface area (Å²) in [5.74, 6) is 0.782. The molecule has 0 spiro atoms. The zero-order chi connectivity index (χ0) is 20.4. The molecule has 0 bridgehead atoms. The maximum absolute atomic E-state index is 12.6. The van der Waals surface area contributed by atoms with Crippen LogP contribution in [0.4, 0.5) is 24.9 Å². The molecule has 29 heavy (non-hydrogen) atoms. The third-order valence-electron chi connectivity index (χ3n) is 4.75. The van der Waals surface area contributed by atoms with Gasteiger partial charge in [0.25, 0.3) is 0 Å². The molecular formula is C19H21F3N6O. The number of nitrogens with zero attached hydrogens (tertiary/aromatic N) is 4. The van der Waals surface area contributed by atoms with Crippen molar-refractivity contribution in [2.24, 2.45) is 0 Å². The van der Waals surface area contributed by atoms with Crippen LogP contribution in [0.25, 0.3) is 22.3 Å². The number of halogens is 3. The number of rotatable bonds is 5. The third kappa shape index (κ3) is 4.76. The van der Waals surface area contributed by atoms with Crippen molar-refractivity contribution in [3.63, 3.8) is 0 Å². The van der Waals surface area contributed by atoms with Crippen molar-refractivity contribution in [2.75, 3.05) is 37.0 Å². The Morgan fingerprint density at radius 1 is 1.24 bits per heavy atom. The highest BCUT2D eigenvalue weighted by Gasteiger charge is 2.30. The lowest BCUT2D eigenvalue weighted by molar-refractivity contribution is -0.119. The van der Waals surface area contributed by atoms with Gasteiger partial charge in [-0.3, -0.25) is 0 Å². The highest BCUT2D eigenvalue weighted by atomic mass is 19.4. The number of hydrogen-bond acceptors (Lipinski definition) is 6. The Morgan fingerprint density at radius 3 is 2.79 bits per heavy atom. The normalized spacial score (nSPS) is 15.6. The van der Waals surface area contributed by atoms with E-state index in [4.69, 9.17) is 4.74 Å². The Bertz CT molecular complexity index is 983. The average molecular weight is 406 g/mol. The van der Waals surface area contributed by atoms with Gasteiger partial charge in [-0.25, -0.2) is 15.0 Å². The molecule has 1 aliphatic rings. The van der Waals surface area contributed by atoms with Crippen LogP contribution >= 0.6 is 0 Å². The van der Waals surface area contributed by atoms with Gasteiger partial charge in [-0.15, -0.1) is 0 Å². The summed E-state index contributed by atoms with van der Waals surface area (Å²) >= 11 is 0. The number of H-pyrrole nitrogens is 1. The molecule has 1 aliphatic heterocycles. The topological polar surface area (TPSA) is 79.0 Å². The number of alkyl halides is 3. The molecule has 0 aliphatic carbocycles. The quantitative estimate of drug-likeness (QED) is 0.674. The van der Waals surface area contributed by atoms with Crippen LogP contribution in [-0.4, -0.2) is 59.0 Å². The van der Waals surface area contributed by atoms with Crippen molar-refractivity contribution in [1.29, 1.82) is 0 Å². The highest BCUT2D eigenvalue weighted by Crippen LogP contribution is 2.26. The predicted octanol–water partition coefficient (Wildman–Crippen LogP) is 3.61. The maximum Gasteiger partial charge on any atom is 0.406 e. The van der Waals surface area contributed by atoms with Crippen LogP contribution in [0.5, 0.6) is 0 Å². The van der Waals surface area contributed by atoms with Crippen LogP contribution in [0.15, 0.2) is 30.6 Å². The first-order valence-corrected chi connectivity index (χ1v) is 9.32. The summed E-state index contributed by atoms with van der Waals surface area (Å²) in [5.41, 5.74) is 2.07. The molecule has 0 radical (unpaired) electrons. The fraction of sp³-hybridized carbons (Fsp3) is 0.421. The molecule has 1 fully saturated rings. The van der Waals surface area contributed by atoms with E-state index in [0.717, 1.165) is 47.7 Å². The summed E-state index contributed by atoms with van der Waals surface area (Å²) in [6, 6.07) is 5.78. The Labute approximate surface area is 165 Å². The fourth-order valence-electron chi connectivity index (χ4n) is 3.32. The Hall–Kier alpha value is -2.88. The van der Waals surface area contributed by atoms with Crippen molar-refractivity contribution in [1.82, 2.24) is 19.9 Å². The molecule has 0 atom stereocenters. The van der Waals surface area contributed by atoms with E-state index in [0.29, 0.717) is 17.4 Å². The Kier molecular flexibility index (Phi) is 5.27. The number of anilines is 2. The van der Waals surface area contributed by atoms with Crippen molar-refractivity contribution in [3.05, 3.63) is 30.6 Å². The molecule has 0 amide bonds. The second-order valence-electron chi connectivity index (χ2n) is 7.08. The van der Waals surface area contributed by atoms with Crippen LogP contribution < -0.4 is 10.2 Å². The van der Waals surface area contributed by atoms with Crippen molar-refractivity contribution in [2.45, 2.75) is 25.1 Å². The Morgan fingerprint density at radius 2 is 2.03 bits per heavy atom. The van der Waals surface area contributed by atoms with E-state index in [1.807, 2.05) is 12.1 Å². The summed E-state index contributed by atoms with van der Waals surface area (Å²) in [5, 5.41) is 4.31. The zero-order valence-corrected chi connectivity index (χ0v) is 15.8. The number of ether oxygens (including phenoxy) is 1. The van der Waals surface area contributed by atoms with E-state index in [1.165, 1.54) is 13.2 Å². The van der Waals surface area contributed by atoms with Crippen LogP contribution in [0.2, 0.25) is 0 Å². The molecule has 3 aromatic heterocycles. The number of hydrogen-bond donors (Lipinski definition) is 2. The van der Waals surface area contributed by atoms with Crippen molar-refractivity contribution >= 4 is 22.7 Å². The second-order valence-corrected chi connectivity index (χ2v) is 7.08. The van der Waals surface area contributed by atoms with Gasteiger partial charge in [0.1, 0.15) is 12.4 Å². The maximum atomic E-state index is 12.6. The van der Waals surface area contributed by atoms with Crippen molar-refractivity contribution < 1.29 is 17.9 Å². The van der Waals surface area contributed by atoms with E-state index in [-0.39, 0.29) is 5.95 Å². The van der Waals surface area contributed by atoms with Crippen LogP contribution in [0.1, 0.15) is 12.8 Å². The molecule has 7 nitrogen and oxygen atoms in total. The van der Waals surface area contributed by atoms with Gasteiger partial charge in [0.2, 0.25) is 5.95 Å². The van der Waals surface area contributed by atoms with E-state index >= 15 is 0 Å². The molecule has 2 N–H and O–H groups in total. The van der Waals surface area contributed by atoms with E-state index in [2.05, 4.69) is 25.3 Å². The summed E-state index contributed by atoms with van der Waals surface area (Å²) in [7, 11) is 1.32. The molecule has 4 heterocycles. The van der Waals surface area contributed by atoms with Gasteiger partial charge in [0.15, 0.2) is 0 Å². The monoisotopic (exact) mass is 406 g/mol. The molecule has 1 saturated heterocycles. The van der Waals surface area contributed by atoms with E-state index < -0.39 is 12.7 Å². The lowest BCUT2D eigenvalue weighted by Crippen LogP contribution is -2.32. The number of pyridine rings is 1.